The van der Waals surface area contributed by atoms with E-state index in [0.717, 1.165) is 19.3 Å². The third-order valence-electron chi connectivity index (χ3n) is 0.763. The van der Waals surface area contributed by atoms with E-state index in [1.54, 1.807) is 0 Å². The monoisotopic (exact) mass is 223 g/mol. The second-order valence-corrected chi connectivity index (χ2v) is 1.97. The molecule has 0 bridgehead atoms. The topological polar surface area (TPSA) is 19.9 Å². The molecule has 0 saturated carbocycles. The Labute approximate surface area is 63.6 Å². The molecular weight excluding hydrogens is 215 g/mol. The van der Waals surface area contributed by atoms with Crippen LogP contribution in [0.15, 0.2) is 0 Å². The predicted octanol–water partition coefficient (Wildman–Crippen LogP) is 1.98. The maximum atomic E-state index is 9.84. The van der Waals surface area contributed by atoms with Crippen molar-refractivity contribution in [1.29, 1.82) is 0 Å². The van der Waals surface area contributed by atoms with E-state index in [1.165, 1.54) is 0 Å². The highest BCUT2D eigenvalue weighted by Crippen LogP contribution is 1.91. The summed E-state index contributed by atoms with van der Waals surface area (Å²) in [6, 6.07) is 0. The first kappa shape index (κ1) is 8.25. The summed E-state index contributed by atoms with van der Waals surface area (Å²) in [5.74, 6) is 2.88. The molecule has 0 spiro atoms. The lowest BCUT2D eigenvalue weighted by Gasteiger charge is -1.84. The first-order valence-corrected chi connectivity index (χ1v) is 3.66. The smallest absolute Gasteiger partial charge is 0.0822 e. The molecule has 45 valence electrons. The van der Waals surface area contributed by atoms with Crippen LogP contribution in [0.2, 0.25) is 0 Å². The molecule has 2 heteroatoms. The van der Waals surface area contributed by atoms with Crippen molar-refractivity contribution in [3.05, 3.63) is 0 Å². The van der Waals surface area contributed by atoms with Gasteiger partial charge < -0.3 is 0 Å². The van der Waals surface area contributed by atoms with Gasteiger partial charge in [-0.1, -0.05) is 5.92 Å². The third kappa shape index (κ3) is 6.25. The molecule has 8 heavy (non-hydrogen) atoms. The largest absolute Gasteiger partial charge is 0.237 e. The first-order valence-electron chi connectivity index (χ1n) is 2.58. The number of halogens is 1. The molecular formula is C6H8IO. The van der Waals surface area contributed by atoms with Crippen LogP contribution < -0.4 is 0 Å². The Morgan fingerprint density at radius 1 is 1.38 bits per heavy atom. The van der Waals surface area contributed by atoms with Crippen LogP contribution in [0.1, 0.15) is 19.3 Å². The second-order valence-electron chi connectivity index (χ2n) is 1.43. The molecule has 0 saturated heterocycles. The molecule has 0 aromatic heterocycles. The minimum Gasteiger partial charge on any atom is -0.237 e. The van der Waals surface area contributed by atoms with Crippen LogP contribution in [-0.2, 0) is 5.11 Å². The predicted molar refractivity (Wildman–Crippen MR) is 41.2 cm³/mol. The van der Waals surface area contributed by atoms with E-state index in [0.29, 0.717) is 0 Å². The lowest BCUT2D eigenvalue weighted by molar-refractivity contribution is 0.187. The summed E-state index contributed by atoms with van der Waals surface area (Å²) in [6.45, 7) is 0.0446. The minimum atomic E-state index is 0.0446. The molecule has 1 nitrogen and oxygen atoms in total. The average Bonchev–Trinajstić information content (AvgIpc) is 1.81. The Hall–Kier alpha value is 0.250. The molecule has 0 unspecified atom stereocenters. The Balaban J connectivity index is 2.79. The van der Waals surface area contributed by atoms with Gasteiger partial charge in [0.1, 0.15) is 0 Å². The number of hydrogen-bond acceptors (Lipinski definition) is 0. The van der Waals surface area contributed by atoms with Crippen molar-refractivity contribution >= 4 is 22.6 Å². The van der Waals surface area contributed by atoms with Gasteiger partial charge in [-0.3, -0.25) is 0 Å². The van der Waals surface area contributed by atoms with Crippen LogP contribution in [0, 0.1) is 9.85 Å². The molecule has 0 aliphatic carbocycles. The summed E-state index contributed by atoms with van der Waals surface area (Å²) in [6.07, 6.45) is 2.61. The van der Waals surface area contributed by atoms with E-state index >= 15 is 0 Å². The van der Waals surface area contributed by atoms with E-state index in [2.05, 4.69) is 9.85 Å². The first-order chi connectivity index (χ1) is 3.91. The van der Waals surface area contributed by atoms with Crippen molar-refractivity contribution in [2.45, 2.75) is 19.3 Å². The number of rotatable bonds is 3. The maximum absolute atomic E-state index is 9.84. The second kappa shape index (κ2) is 7.25. The SMILES string of the molecule is [O]CCCCC#CI. The molecule has 0 fully saturated rings. The van der Waals surface area contributed by atoms with Crippen LogP contribution in [-0.4, -0.2) is 6.61 Å². The van der Waals surface area contributed by atoms with Gasteiger partial charge in [-0.05, 0) is 16.8 Å². The summed E-state index contributed by atoms with van der Waals surface area (Å²) < 4.78 is 2.74. The highest BCUT2D eigenvalue weighted by molar-refractivity contribution is 14.1. The molecule has 0 aromatic rings. The van der Waals surface area contributed by atoms with Gasteiger partial charge in [0, 0.05) is 29.0 Å². The molecule has 0 aliphatic heterocycles. The highest BCUT2D eigenvalue weighted by Gasteiger charge is 1.80. The number of unbranched alkanes of at least 4 members (excludes halogenated alkanes) is 2. The van der Waals surface area contributed by atoms with E-state index < -0.39 is 0 Å². The molecule has 0 atom stereocenters. The quantitative estimate of drug-likeness (QED) is 0.396. The molecule has 0 aliphatic rings. The Kier molecular flexibility index (Phi) is 7.48. The normalized spacial score (nSPS) is 7.75. The van der Waals surface area contributed by atoms with E-state index in [9.17, 15) is 5.11 Å². The maximum Gasteiger partial charge on any atom is 0.0822 e. The van der Waals surface area contributed by atoms with E-state index in [4.69, 9.17) is 0 Å². The Morgan fingerprint density at radius 2 is 2.12 bits per heavy atom. The highest BCUT2D eigenvalue weighted by atomic mass is 127. The summed E-state index contributed by atoms with van der Waals surface area (Å²) in [5.41, 5.74) is 0. The third-order valence-corrected chi connectivity index (χ3v) is 1.14. The van der Waals surface area contributed by atoms with Crippen molar-refractivity contribution < 1.29 is 5.11 Å². The number of hydrogen-bond donors (Lipinski definition) is 0. The van der Waals surface area contributed by atoms with Gasteiger partial charge in [0.25, 0.3) is 0 Å². The van der Waals surface area contributed by atoms with Crippen molar-refractivity contribution in [1.82, 2.24) is 0 Å². The van der Waals surface area contributed by atoms with Gasteiger partial charge in [-0.2, -0.15) is 0 Å². The van der Waals surface area contributed by atoms with Gasteiger partial charge in [0.15, 0.2) is 0 Å². The standard InChI is InChI=1S/C6H8IO/c7-5-3-1-2-4-6-8/h1-2,4,6H2. The fourth-order valence-electron chi connectivity index (χ4n) is 0.363. The summed E-state index contributed by atoms with van der Waals surface area (Å²) in [4.78, 5) is 0. The average molecular weight is 223 g/mol. The molecule has 0 heterocycles. The molecule has 0 rings (SSSR count). The van der Waals surface area contributed by atoms with Crippen LogP contribution >= 0.6 is 22.6 Å². The summed E-state index contributed by atoms with van der Waals surface area (Å²) in [5, 5.41) is 9.84. The lowest BCUT2D eigenvalue weighted by Crippen LogP contribution is -1.77. The lowest BCUT2D eigenvalue weighted by atomic mass is 10.2. The van der Waals surface area contributed by atoms with Crippen LogP contribution in [0.4, 0.5) is 0 Å². The van der Waals surface area contributed by atoms with E-state index in [1.807, 2.05) is 22.6 Å². The van der Waals surface area contributed by atoms with Gasteiger partial charge in [-0.25, -0.2) is 5.11 Å². The molecule has 0 N–H and O–H groups in total. The molecule has 0 aromatic carbocycles. The van der Waals surface area contributed by atoms with Crippen LogP contribution in [0.3, 0.4) is 0 Å². The zero-order chi connectivity index (χ0) is 6.24. The van der Waals surface area contributed by atoms with Crippen molar-refractivity contribution in [3.8, 4) is 9.85 Å². The minimum absolute atomic E-state index is 0.0446. The fourth-order valence-corrected chi connectivity index (χ4v) is 0.632. The van der Waals surface area contributed by atoms with Gasteiger partial charge >= 0.3 is 0 Å². The van der Waals surface area contributed by atoms with Crippen LogP contribution in [0.25, 0.3) is 0 Å². The van der Waals surface area contributed by atoms with Crippen molar-refractivity contribution in [2.24, 2.45) is 0 Å². The molecule has 0 amide bonds. The van der Waals surface area contributed by atoms with Gasteiger partial charge in [-0.15, -0.1) is 0 Å². The zero-order valence-corrected chi connectivity index (χ0v) is 6.77. The zero-order valence-electron chi connectivity index (χ0n) is 4.61. The fraction of sp³-hybridized carbons (Fsp3) is 0.667. The van der Waals surface area contributed by atoms with E-state index in [-0.39, 0.29) is 6.61 Å². The summed E-state index contributed by atoms with van der Waals surface area (Å²) in [7, 11) is 0. The Morgan fingerprint density at radius 3 is 2.62 bits per heavy atom. The summed E-state index contributed by atoms with van der Waals surface area (Å²) >= 11 is 2.00. The van der Waals surface area contributed by atoms with Gasteiger partial charge in [0.2, 0.25) is 0 Å². The Bertz CT molecular complexity index is 90.4. The van der Waals surface area contributed by atoms with Crippen LogP contribution in [0.5, 0.6) is 0 Å². The van der Waals surface area contributed by atoms with Crippen molar-refractivity contribution in [2.75, 3.05) is 6.61 Å². The van der Waals surface area contributed by atoms with Gasteiger partial charge in [0.05, 0.1) is 6.61 Å². The van der Waals surface area contributed by atoms with Crippen molar-refractivity contribution in [3.63, 3.8) is 0 Å². The molecule has 1 radical (unpaired) electrons.